The van der Waals surface area contributed by atoms with Gasteiger partial charge in [-0.3, -0.25) is 9.89 Å². The van der Waals surface area contributed by atoms with E-state index in [1.54, 1.807) is 11.1 Å². The lowest BCUT2D eigenvalue weighted by molar-refractivity contribution is -0.135. The maximum Gasteiger partial charge on any atom is 0.248 e. The summed E-state index contributed by atoms with van der Waals surface area (Å²) in [4.78, 5) is 13.1. The summed E-state index contributed by atoms with van der Waals surface area (Å²) >= 11 is 0. The lowest BCUT2D eigenvalue weighted by atomic mass is 9.97. The number of H-pyrrole nitrogens is 1. The predicted molar refractivity (Wildman–Crippen MR) is 87.1 cm³/mol. The second kappa shape index (κ2) is 7.00. The number of aliphatic hydroxyl groups excluding tert-OH is 1. The third-order valence-electron chi connectivity index (χ3n) is 3.97. The number of nitrogens with zero attached hydrogens (tertiary/aromatic N) is 2. The van der Waals surface area contributed by atoms with Crippen LogP contribution in [0.25, 0.3) is 10.9 Å². The van der Waals surface area contributed by atoms with Gasteiger partial charge in [-0.15, -0.1) is 0 Å². The fraction of sp³-hybridized carbons (Fsp3) is 0.333. The predicted octanol–water partition coefficient (Wildman–Crippen LogP) is 1.15. The molecule has 1 saturated heterocycles. The van der Waals surface area contributed by atoms with Crippen molar-refractivity contribution in [3.8, 4) is 23.7 Å². The number of carbonyl (C=O) groups is 1. The van der Waals surface area contributed by atoms with Crippen LogP contribution in [0.3, 0.4) is 0 Å². The highest BCUT2D eigenvalue weighted by molar-refractivity contribution is 5.79. The van der Waals surface area contributed by atoms with Crippen LogP contribution in [0.4, 0.5) is 0 Å². The standard InChI is InChI=1S/C18H17N3O2/c22-13-18(23)21-9-7-14(8-10-21)3-1-2-4-15-5-6-17-16(11-15)12-19-20-17/h5-6,11-12,14,22H,7-10,13H2,(H,19,20). The van der Waals surface area contributed by atoms with Gasteiger partial charge < -0.3 is 10.0 Å². The number of aromatic nitrogens is 2. The summed E-state index contributed by atoms with van der Waals surface area (Å²) in [5.41, 5.74) is 1.90. The fourth-order valence-electron chi connectivity index (χ4n) is 2.64. The molecule has 116 valence electrons. The van der Waals surface area contributed by atoms with Crippen molar-refractivity contribution in [3.05, 3.63) is 30.0 Å². The topological polar surface area (TPSA) is 69.2 Å². The van der Waals surface area contributed by atoms with Gasteiger partial charge in [0.15, 0.2) is 0 Å². The van der Waals surface area contributed by atoms with Crippen molar-refractivity contribution in [2.75, 3.05) is 19.7 Å². The number of aliphatic hydroxyl groups is 1. The maximum absolute atomic E-state index is 11.4. The molecule has 23 heavy (non-hydrogen) atoms. The summed E-state index contributed by atoms with van der Waals surface area (Å²) < 4.78 is 0. The number of likely N-dealkylation sites (tertiary alicyclic amines) is 1. The van der Waals surface area contributed by atoms with Crippen molar-refractivity contribution in [1.29, 1.82) is 0 Å². The van der Waals surface area contributed by atoms with Crippen molar-refractivity contribution in [2.45, 2.75) is 12.8 Å². The quantitative estimate of drug-likeness (QED) is 0.777. The number of piperidine rings is 1. The normalized spacial score (nSPS) is 14.7. The van der Waals surface area contributed by atoms with Crippen molar-refractivity contribution in [1.82, 2.24) is 15.1 Å². The maximum atomic E-state index is 11.4. The molecule has 2 aromatic rings. The van der Waals surface area contributed by atoms with Crippen LogP contribution in [-0.4, -0.2) is 45.8 Å². The molecule has 0 radical (unpaired) electrons. The molecule has 0 atom stereocenters. The van der Waals surface area contributed by atoms with E-state index in [1.165, 1.54) is 0 Å². The second-order valence-corrected chi connectivity index (χ2v) is 5.50. The Morgan fingerprint density at radius 2 is 2.17 bits per heavy atom. The first-order valence-electron chi connectivity index (χ1n) is 7.59. The van der Waals surface area contributed by atoms with Crippen molar-refractivity contribution in [3.63, 3.8) is 0 Å². The van der Waals surface area contributed by atoms with Gasteiger partial charge in [0, 0.05) is 30.0 Å². The molecule has 0 saturated carbocycles. The van der Waals surface area contributed by atoms with E-state index < -0.39 is 6.61 Å². The first-order chi connectivity index (χ1) is 11.3. The Bertz CT molecular complexity index is 824. The third kappa shape index (κ3) is 3.71. The van der Waals surface area contributed by atoms with Crippen LogP contribution >= 0.6 is 0 Å². The summed E-state index contributed by atoms with van der Waals surface area (Å²) in [6, 6.07) is 5.87. The van der Waals surface area contributed by atoms with Crippen molar-refractivity contribution in [2.24, 2.45) is 5.92 Å². The van der Waals surface area contributed by atoms with Crippen LogP contribution in [-0.2, 0) is 4.79 Å². The van der Waals surface area contributed by atoms with Gasteiger partial charge >= 0.3 is 0 Å². The van der Waals surface area contributed by atoms with E-state index in [0.29, 0.717) is 13.1 Å². The van der Waals surface area contributed by atoms with Gasteiger partial charge in [0.25, 0.3) is 0 Å². The molecule has 0 unspecified atom stereocenters. The van der Waals surface area contributed by atoms with E-state index in [9.17, 15) is 4.79 Å². The van der Waals surface area contributed by atoms with Crippen LogP contribution in [0.15, 0.2) is 24.4 Å². The second-order valence-electron chi connectivity index (χ2n) is 5.50. The van der Waals surface area contributed by atoms with E-state index in [-0.39, 0.29) is 11.8 Å². The molecule has 1 aromatic heterocycles. The number of benzene rings is 1. The van der Waals surface area contributed by atoms with Crippen LogP contribution in [0.2, 0.25) is 0 Å². The van der Waals surface area contributed by atoms with Gasteiger partial charge in [0.1, 0.15) is 6.61 Å². The van der Waals surface area contributed by atoms with Gasteiger partial charge in [-0.1, -0.05) is 11.8 Å². The summed E-state index contributed by atoms with van der Waals surface area (Å²) in [7, 11) is 0. The molecule has 1 aliphatic rings. The minimum absolute atomic E-state index is 0.203. The SMILES string of the molecule is O=C(CO)N1CCC(C#CC#Cc2ccc3[nH]ncc3c2)CC1. The molecule has 0 spiro atoms. The molecular formula is C18H17N3O2. The Balaban J connectivity index is 1.57. The highest BCUT2D eigenvalue weighted by Gasteiger charge is 2.20. The highest BCUT2D eigenvalue weighted by atomic mass is 16.3. The molecule has 1 aliphatic heterocycles. The number of nitrogens with one attached hydrogen (secondary N) is 1. The van der Waals surface area contributed by atoms with Gasteiger partial charge in [-0.2, -0.15) is 5.10 Å². The molecule has 0 bridgehead atoms. The molecular weight excluding hydrogens is 290 g/mol. The largest absolute Gasteiger partial charge is 0.387 e. The molecule has 1 aromatic carbocycles. The zero-order chi connectivity index (χ0) is 16.1. The lowest BCUT2D eigenvalue weighted by Gasteiger charge is -2.29. The number of aromatic amines is 1. The summed E-state index contributed by atoms with van der Waals surface area (Å²) in [5, 5.41) is 16.8. The highest BCUT2D eigenvalue weighted by Crippen LogP contribution is 2.16. The molecule has 1 fully saturated rings. The smallest absolute Gasteiger partial charge is 0.248 e. The van der Waals surface area contributed by atoms with E-state index in [0.717, 1.165) is 29.3 Å². The number of rotatable bonds is 1. The minimum atomic E-state index is -0.414. The Labute approximate surface area is 134 Å². The number of amides is 1. The minimum Gasteiger partial charge on any atom is -0.387 e. The van der Waals surface area contributed by atoms with Crippen LogP contribution in [0, 0.1) is 29.6 Å². The number of hydrogen-bond donors (Lipinski definition) is 2. The monoisotopic (exact) mass is 307 g/mol. The zero-order valence-electron chi connectivity index (χ0n) is 12.7. The van der Waals surface area contributed by atoms with E-state index in [1.807, 2.05) is 18.2 Å². The van der Waals surface area contributed by atoms with E-state index >= 15 is 0 Å². The van der Waals surface area contributed by atoms with E-state index in [4.69, 9.17) is 5.11 Å². The number of hydrogen-bond acceptors (Lipinski definition) is 3. The third-order valence-corrected chi connectivity index (χ3v) is 3.97. The fourth-order valence-corrected chi connectivity index (χ4v) is 2.64. The molecule has 3 rings (SSSR count). The molecule has 1 amide bonds. The zero-order valence-corrected chi connectivity index (χ0v) is 12.7. The van der Waals surface area contributed by atoms with Crippen molar-refractivity contribution >= 4 is 16.8 Å². The molecule has 2 heterocycles. The molecule has 2 N–H and O–H groups in total. The average Bonchev–Trinajstić information content (AvgIpc) is 3.06. The van der Waals surface area contributed by atoms with Gasteiger partial charge in [-0.05, 0) is 42.9 Å². The van der Waals surface area contributed by atoms with Crippen LogP contribution in [0.5, 0.6) is 0 Å². The molecule has 5 heteroatoms. The number of fused-ring (bicyclic) bond motifs is 1. The van der Waals surface area contributed by atoms with Crippen molar-refractivity contribution < 1.29 is 9.90 Å². The first kappa shape index (κ1) is 15.1. The van der Waals surface area contributed by atoms with E-state index in [2.05, 4.69) is 33.9 Å². The van der Waals surface area contributed by atoms with Gasteiger partial charge in [-0.25, -0.2) is 0 Å². The van der Waals surface area contributed by atoms with Gasteiger partial charge in [0.2, 0.25) is 5.91 Å². The summed E-state index contributed by atoms with van der Waals surface area (Å²) in [6.45, 7) is 0.898. The Morgan fingerprint density at radius 1 is 1.35 bits per heavy atom. The average molecular weight is 307 g/mol. The lowest BCUT2D eigenvalue weighted by Crippen LogP contribution is -2.39. The van der Waals surface area contributed by atoms with Crippen LogP contribution in [0.1, 0.15) is 18.4 Å². The Kier molecular flexibility index (Phi) is 4.61. The molecule has 0 aliphatic carbocycles. The summed E-state index contributed by atoms with van der Waals surface area (Å²) in [6.07, 6.45) is 3.44. The first-order valence-corrected chi connectivity index (χ1v) is 7.59. The van der Waals surface area contributed by atoms with Gasteiger partial charge in [0.05, 0.1) is 11.7 Å². The number of carbonyl (C=O) groups excluding carboxylic acids is 1. The summed E-state index contributed by atoms with van der Waals surface area (Å²) in [5.74, 6) is 12.1. The van der Waals surface area contributed by atoms with Crippen LogP contribution < -0.4 is 0 Å². The Hall–Kier alpha value is -2.76. The Morgan fingerprint density at radius 3 is 2.96 bits per heavy atom. The molecule has 5 nitrogen and oxygen atoms in total.